The minimum absolute atomic E-state index is 0.225. The van der Waals surface area contributed by atoms with Gasteiger partial charge in [0, 0.05) is 43.7 Å². The molecule has 0 aliphatic carbocycles. The number of rotatable bonds is 7. The molecule has 31 heavy (non-hydrogen) atoms. The quantitative estimate of drug-likeness (QED) is 0.518. The number of piperazine rings is 1. The summed E-state index contributed by atoms with van der Waals surface area (Å²) in [5.41, 5.74) is 3.37. The summed E-state index contributed by atoms with van der Waals surface area (Å²) in [4.78, 5) is 4.76. The van der Waals surface area contributed by atoms with Crippen LogP contribution < -0.4 is 4.74 Å². The molecule has 1 aliphatic rings. The summed E-state index contributed by atoms with van der Waals surface area (Å²) in [6.07, 6.45) is 0. The maximum atomic E-state index is 12.8. The Labute approximate surface area is 182 Å². The molecule has 1 heterocycles. The maximum absolute atomic E-state index is 12.8. The number of para-hydroxylation sites is 1. The van der Waals surface area contributed by atoms with Gasteiger partial charge in [-0.1, -0.05) is 78.9 Å². The summed E-state index contributed by atoms with van der Waals surface area (Å²) in [5, 5.41) is 0. The van der Waals surface area contributed by atoms with Gasteiger partial charge in [0.05, 0.1) is 0 Å². The lowest BCUT2D eigenvalue weighted by Gasteiger charge is -2.43. The van der Waals surface area contributed by atoms with Gasteiger partial charge in [-0.2, -0.15) is 8.78 Å². The van der Waals surface area contributed by atoms with Gasteiger partial charge in [-0.05, 0) is 24.2 Å². The van der Waals surface area contributed by atoms with E-state index in [1.807, 2.05) is 24.3 Å². The summed E-state index contributed by atoms with van der Waals surface area (Å²) in [6.45, 7) is 0.407. The Hall–Kier alpha value is -2.76. The Balaban J connectivity index is 1.59. The van der Waals surface area contributed by atoms with Crippen LogP contribution in [0.3, 0.4) is 0 Å². The topological polar surface area (TPSA) is 15.7 Å². The van der Waals surface area contributed by atoms with E-state index in [2.05, 4.69) is 65.4 Å². The molecular formula is C26H28F2N2O. The molecule has 5 heteroatoms. The minimum atomic E-state index is -2.82. The second-order valence-electron chi connectivity index (χ2n) is 8.07. The highest BCUT2D eigenvalue weighted by atomic mass is 19.3. The van der Waals surface area contributed by atoms with E-state index in [1.54, 1.807) is 12.1 Å². The molecule has 1 saturated heterocycles. The molecule has 1 atom stereocenters. The predicted octanol–water partition coefficient (Wildman–Crippen LogP) is 5.24. The molecule has 0 bridgehead atoms. The first kappa shape index (κ1) is 21.5. The van der Waals surface area contributed by atoms with Crippen LogP contribution in [0.1, 0.15) is 22.6 Å². The van der Waals surface area contributed by atoms with Crippen LogP contribution >= 0.6 is 0 Å². The SMILES string of the molecule is CN1CCN(Cc2ccccc2OC(F)F)CC1C(c1ccccc1)c1ccccc1. The van der Waals surface area contributed by atoms with E-state index in [1.165, 1.54) is 11.1 Å². The first-order chi connectivity index (χ1) is 15.1. The van der Waals surface area contributed by atoms with E-state index in [0.717, 1.165) is 25.2 Å². The van der Waals surface area contributed by atoms with Crippen LogP contribution in [0.5, 0.6) is 5.75 Å². The fraction of sp³-hybridized carbons (Fsp3) is 0.308. The number of nitrogens with zero attached hydrogens (tertiary/aromatic N) is 2. The number of likely N-dealkylation sites (N-methyl/N-ethyl adjacent to an activating group) is 1. The molecule has 1 unspecified atom stereocenters. The van der Waals surface area contributed by atoms with Crippen molar-refractivity contribution in [3.8, 4) is 5.75 Å². The normalized spacial score (nSPS) is 17.9. The Morgan fingerprint density at radius 3 is 2.03 bits per heavy atom. The van der Waals surface area contributed by atoms with Gasteiger partial charge in [0.2, 0.25) is 0 Å². The average molecular weight is 423 g/mol. The van der Waals surface area contributed by atoms with Crippen molar-refractivity contribution in [2.75, 3.05) is 26.7 Å². The Morgan fingerprint density at radius 2 is 1.42 bits per heavy atom. The van der Waals surface area contributed by atoms with E-state index in [9.17, 15) is 8.78 Å². The van der Waals surface area contributed by atoms with Crippen LogP contribution in [0.4, 0.5) is 8.78 Å². The predicted molar refractivity (Wildman–Crippen MR) is 119 cm³/mol. The largest absolute Gasteiger partial charge is 0.434 e. The van der Waals surface area contributed by atoms with Gasteiger partial charge in [0.15, 0.2) is 0 Å². The molecule has 4 rings (SSSR count). The molecule has 3 nitrogen and oxygen atoms in total. The van der Waals surface area contributed by atoms with Crippen molar-refractivity contribution in [3.05, 3.63) is 102 Å². The number of alkyl halides is 2. The molecule has 1 aliphatic heterocycles. The van der Waals surface area contributed by atoms with Crippen molar-refractivity contribution in [1.29, 1.82) is 0 Å². The molecule has 3 aromatic carbocycles. The fourth-order valence-corrected chi connectivity index (χ4v) is 4.51. The van der Waals surface area contributed by atoms with Gasteiger partial charge in [0.25, 0.3) is 0 Å². The van der Waals surface area contributed by atoms with Crippen molar-refractivity contribution in [1.82, 2.24) is 9.80 Å². The van der Waals surface area contributed by atoms with Crippen molar-refractivity contribution >= 4 is 0 Å². The van der Waals surface area contributed by atoms with Crippen LogP contribution in [0, 0.1) is 0 Å². The van der Waals surface area contributed by atoms with Gasteiger partial charge in [-0.15, -0.1) is 0 Å². The minimum Gasteiger partial charge on any atom is -0.434 e. The zero-order chi connectivity index (χ0) is 21.6. The van der Waals surface area contributed by atoms with Crippen LogP contribution in [-0.4, -0.2) is 49.1 Å². The second kappa shape index (κ2) is 10.0. The van der Waals surface area contributed by atoms with Gasteiger partial charge in [0.1, 0.15) is 5.75 Å². The van der Waals surface area contributed by atoms with Gasteiger partial charge in [-0.3, -0.25) is 9.80 Å². The van der Waals surface area contributed by atoms with E-state index in [4.69, 9.17) is 4.74 Å². The Kier molecular flexibility index (Phi) is 6.95. The van der Waals surface area contributed by atoms with E-state index >= 15 is 0 Å². The zero-order valence-corrected chi connectivity index (χ0v) is 17.7. The third-order valence-corrected chi connectivity index (χ3v) is 6.07. The Morgan fingerprint density at radius 1 is 0.839 bits per heavy atom. The second-order valence-corrected chi connectivity index (χ2v) is 8.07. The third-order valence-electron chi connectivity index (χ3n) is 6.07. The first-order valence-electron chi connectivity index (χ1n) is 10.7. The maximum Gasteiger partial charge on any atom is 0.387 e. The molecular weight excluding hydrogens is 394 g/mol. The van der Waals surface area contributed by atoms with Crippen LogP contribution in [0.15, 0.2) is 84.9 Å². The number of benzene rings is 3. The molecule has 0 N–H and O–H groups in total. The van der Waals surface area contributed by atoms with Crippen molar-refractivity contribution < 1.29 is 13.5 Å². The van der Waals surface area contributed by atoms with E-state index in [-0.39, 0.29) is 17.7 Å². The van der Waals surface area contributed by atoms with Crippen LogP contribution in [-0.2, 0) is 6.54 Å². The van der Waals surface area contributed by atoms with Crippen LogP contribution in [0.25, 0.3) is 0 Å². The highest BCUT2D eigenvalue weighted by Crippen LogP contribution is 2.33. The Bertz CT molecular complexity index is 912. The molecule has 3 aromatic rings. The number of ether oxygens (including phenoxy) is 1. The van der Waals surface area contributed by atoms with E-state index < -0.39 is 6.61 Å². The van der Waals surface area contributed by atoms with Gasteiger partial charge in [-0.25, -0.2) is 0 Å². The lowest BCUT2D eigenvalue weighted by Crippen LogP contribution is -2.53. The standard InChI is InChI=1S/C26H28F2N2O/c1-29-16-17-30(18-22-14-8-9-15-24(22)31-26(27)28)19-23(29)25(20-10-4-2-5-11-20)21-12-6-3-7-13-21/h2-15,23,25-26H,16-19H2,1H3. The fourth-order valence-electron chi connectivity index (χ4n) is 4.51. The smallest absolute Gasteiger partial charge is 0.387 e. The lowest BCUT2D eigenvalue weighted by atomic mass is 9.83. The molecule has 0 saturated carbocycles. The highest BCUT2D eigenvalue weighted by Gasteiger charge is 2.33. The molecule has 0 radical (unpaired) electrons. The molecule has 1 fully saturated rings. The first-order valence-corrected chi connectivity index (χ1v) is 10.7. The lowest BCUT2D eigenvalue weighted by molar-refractivity contribution is -0.0509. The van der Waals surface area contributed by atoms with Gasteiger partial charge < -0.3 is 4.74 Å². The number of hydrogen-bond acceptors (Lipinski definition) is 3. The van der Waals surface area contributed by atoms with Crippen molar-refractivity contribution in [2.24, 2.45) is 0 Å². The molecule has 0 spiro atoms. The molecule has 0 aromatic heterocycles. The summed E-state index contributed by atoms with van der Waals surface area (Å²) in [6, 6.07) is 28.6. The summed E-state index contributed by atoms with van der Waals surface area (Å²) in [5.74, 6) is 0.485. The zero-order valence-electron chi connectivity index (χ0n) is 17.7. The number of hydrogen-bond donors (Lipinski definition) is 0. The molecule has 162 valence electrons. The summed E-state index contributed by atoms with van der Waals surface area (Å²) in [7, 11) is 2.18. The highest BCUT2D eigenvalue weighted by molar-refractivity contribution is 5.36. The van der Waals surface area contributed by atoms with Crippen molar-refractivity contribution in [3.63, 3.8) is 0 Å². The van der Waals surface area contributed by atoms with Crippen molar-refractivity contribution in [2.45, 2.75) is 25.1 Å². The van der Waals surface area contributed by atoms with Gasteiger partial charge >= 0.3 is 6.61 Å². The number of halogens is 2. The third kappa shape index (κ3) is 5.30. The van der Waals surface area contributed by atoms with Crippen LogP contribution in [0.2, 0.25) is 0 Å². The summed E-state index contributed by atoms with van der Waals surface area (Å²) < 4.78 is 30.4. The monoisotopic (exact) mass is 422 g/mol. The average Bonchev–Trinajstić information content (AvgIpc) is 2.78. The summed E-state index contributed by atoms with van der Waals surface area (Å²) >= 11 is 0. The van der Waals surface area contributed by atoms with E-state index in [0.29, 0.717) is 6.54 Å². The molecule has 0 amide bonds.